The summed E-state index contributed by atoms with van der Waals surface area (Å²) in [6, 6.07) is -0.505. The van der Waals surface area contributed by atoms with E-state index in [-0.39, 0.29) is 75.1 Å². The number of aromatic nitrogens is 3. The molecule has 2 amide bonds. The van der Waals surface area contributed by atoms with Crippen molar-refractivity contribution in [3.8, 4) is 0 Å². The van der Waals surface area contributed by atoms with Crippen molar-refractivity contribution in [2.24, 2.45) is 5.92 Å². The summed E-state index contributed by atoms with van der Waals surface area (Å²) in [5.41, 5.74) is -4.10. The van der Waals surface area contributed by atoms with Gasteiger partial charge in [-0.3, -0.25) is 14.4 Å². The van der Waals surface area contributed by atoms with Crippen LogP contribution in [0.3, 0.4) is 0 Å². The van der Waals surface area contributed by atoms with E-state index in [1.807, 2.05) is 0 Å². The number of rotatable bonds is 9. The Morgan fingerprint density at radius 1 is 1.14 bits per heavy atom. The summed E-state index contributed by atoms with van der Waals surface area (Å²) in [6.45, 7) is 2.11. The SMILES string of the molecule is C[C@@H](COCCC(=O)N1CCN2c3ncc(C(F)(F)F)cc3N(CC3CC3)C(=O)[C@H]2C1)Nc1cn[nH]c(=O)c1C(F)(F)F. The Morgan fingerprint density at radius 3 is 2.56 bits per heavy atom. The number of aromatic amines is 1. The van der Waals surface area contributed by atoms with Crippen LogP contribution in [0, 0.1) is 5.92 Å². The van der Waals surface area contributed by atoms with E-state index in [4.69, 9.17) is 4.74 Å². The highest BCUT2D eigenvalue weighted by atomic mass is 19.4. The maximum Gasteiger partial charge on any atom is 0.423 e. The minimum absolute atomic E-state index is 0.0225. The number of nitrogens with zero attached hydrogens (tertiary/aromatic N) is 5. The lowest BCUT2D eigenvalue weighted by atomic mass is 10.0. The zero-order valence-electron chi connectivity index (χ0n) is 23.0. The summed E-state index contributed by atoms with van der Waals surface area (Å²) in [6.07, 6.45) is -6.21. The molecule has 2 aliphatic heterocycles. The molecule has 0 aromatic carbocycles. The number of halogens is 6. The van der Waals surface area contributed by atoms with Crippen molar-refractivity contribution < 1.29 is 40.7 Å². The molecule has 1 saturated carbocycles. The number of piperazine rings is 1. The van der Waals surface area contributed by atoms with Crippen LogP contribution in [0.2, 0.25) is 0 Å². The molecule has 0 unspecified atom stereocenters. The zero-order chi connectivity index (χ0) is 31.1. The normalized spacial score (nSPS) is 19.7. The maximum atomic E-state index is 13.5. The fraction of sp³-hybridized carbons (Fsp3) is 0.577. The molecule has 1 aliphatic carbocycles. The third kappa shape index (κ3) is 6.70. The molecule has 4 heterocycles. The van der Waals surface area contributed by atoms with E-state index in [0.29, 0.717) is 0 Å². The van der Waals surface area contributed by atoms with Gasteiger partial charge in [0.05, 0.1) is 49.3 Å². The molecule has 2 aromatic rings. The molecule has 5 rings (SSSR count). The van der Waals surface area contributed by atoms with Gasteiger partial charge in [-0.2, -0.15) is 31.4 Å². The highest BCUT2D eigenvalue weighted by Gasteiger charge is 2.45. The third-order valence-corrected chi connectivity index (χ3v) is 7.53. The van der Waals surface area contributed by atoms with Gasteiger partial charge in [-0.25, -0.2) is 10.1 Å². The van der Waals surface area contributed by atoms with Crippen LogP contribution in [0.25, 0.3) is 0 Å². The molecule has 1 saturated heterocycles. The summed E-state index contributed by atoms with van der Waals surface area (Å²) in [4.78, 5) is 46.7. The average Bonchev–Trinajstić information content (AvgIpc) is 3.76. The van der Waals surface area contributed by atoms with Crippen LogP contribution in [-0.2, 0) is 26.7 Å². The number of alkyl halides is 6. The molecule has 0 bridgehead atoms. The van der Waals surface area contributed by atoms with Crippen LogP contribution in [-0.4, -0.2) is 83.4 Å². The molecule has 11 nitrogen and oxygen atoms in total. The van der Waals surface area contributed by atoms with E-state index in [1.165, 1.54) is 16.7 Å². The smallest absolute Gasteiger partial charge is 0.379 e. The summed E-state index contributed by atoms with van der Waals surface area (Å²) < 4.78 is 85.4. The molecular weight excluding hydrogens is 588 g/mol. The minimum Gasteiger partial charge on any atom is -0.379 e. The standard InChI is InChI=1S/C26H29F6N7O4/c1-14(35-17-10-34-36-23(41)21(17)26(30,31)32)13-43-7-4-20(40)37-5-6-38-19(12-37)24(42)39(11-15-2-3-15)18-8-16(25(27,28)29)9-33-22(18)38/h8-10,14-15,19H,2-7,11-13H2,1H3,(H2,35,36,41)/t14-,19+/m0/s1. The largest absolute Gasteiger partial charge is 0.423 e. The van der Waals surface area contributed by atoms with E-state index in [2.05, 4.69) is 15.4 Å². The van der Waals surface area contributed by atoms with E-state index in [1.54, 1.807) is 10.00 Å². The zero-order valence-corrected chi connectivity index (χ0v) is 23.0. The van der Waals surface area contributed by atoms with Crippen molar-refractivity contribution in [3.63, 3.8) is 0 Å². The van der Waals surface area contributed by atoms with E-state index < -0.39 is 46.8 Å². The molecule has 2 atom stereocenters. The molecular formula is C26H29F6N7O4. The van der Waals surface area contributed by atoms with Crippen LogP contribution >= 0.6 is 0 Å². The van der Waals surface area contributed by atoms with Gasteiger partial charge < -0.3 is 24.8 Å². The number of carbonyl (C=O) groups is 2. The molecule has 0 spiro atoms. The Hall–Kier alpha value is -3.89. The predicted octanol–water partition coefficient (Wildman–Crippen LogP) is 2.88. The van der Waals surface area contributed by atoms with Crippen molar-refractivity contribution in [1.29, 1.82) is 0 Å². The lowest BCUT2D eigenvalue weighted by molar-refractivity contribution is -0.138. The summed E-state index contributed by atoms with van der Waals surface area (Å²) in [5.74, 6) is -0.223. The molecule has 2 aromatic heterocycles. The van der Waals surface area contributed by atoms with Gasteiger partial charge in [0.25, 0.3) is 11.5 Å². The molecule has 3 aliphatic rings. The van der Waals surface area contributed by atoms with Crippen LogP contribution in [0.5, 0.6) is 0 Å². The van der Waals surface area contributed by atoms with Crippen molar-refractivity contribution in [1.82, 2.24) is 20.1 Å². The van der Waals surface area contributed by atoms with Crippen LogP contribution in [0.15, 0.2) is 23.3 Å². The molecule has 17 heteroatoms. The van der Waals surface area contributed by atoms with Gasteiger partial charge in [-0.1, -0.05) is 0 Å². The highest BCUT2D eigenvalue weighted by Crippen LogP contribution is 2.42. The van der Waals surface area contributed by atoms with E-state index >= 15 is 0 Å². The van der Waals surface area contributed by atoms with Gasteiger partial charge in [0, 0.05) is 31.9 Å². The van der Waals surface area contributed by atoms with Gasteiger partial charge >= 0.3 is 12.4 Å². The second kappa shape index (κ2) is 11.7. The predicted molar refractivity (Wildman–Crippen MR) is 140 cm³/mol. The van der Waals surface area contributed by atoms with Crippen LogP contribution < -0.4 is 20.7 Å². The van der Waals surface area contributed by atoms with Gasteiger partial charge in [-0.15, -0.1) is 0 Å². The van der Waals surface area contributed by atoms with Gasteiger partial charge in [-0.05, 0) is 31.7 Å². The van der Waals surface area contributed by atoms with Crippen molar-refractivity contribution in [3.05, 3.63) is 39.9 Å². The summed E-state index contributed by atoms with van der Waals surface area (Å²) in [7, 11) is 0. The number of hydrogen-bond acceptors (Lipinski definition) is 8. The Bertz CT molecular complexity index is 1430. The number of anilines is 3. The second-order valence-corrected chi connectivity index (χ2v) is 10.9. The van der Waals surface area contributed by atoms with Gasteiger partial charge in [0.15, 0.2) is 5.82 Å². The van der Waals surface area contributed by atoms with Crippen LogP contribution in [0.4, 0.5) is 43.5 Å². The second-order valence-electron chi connectivity index (χ2n) is 10.9. The summed E-state index contributed by atoms with van der Waals surface area (Å²) in [5, 5.41) is 7.69. The quantitative estimate of drug-likeness (QED) is 0.326. The number of carbonyl (C=O) groups excluding carboxylic acids is 2. The maximum absolute atomic E-state index is 13.5. The topological polar surface area (TPSA) is 124 Å². The van der Waals surface area contributed by atoms with Crippen molar-refractivity contribution in [2.45, 2.75) is 50.6 Å². The lowest BCUT2D eigenvalue weighted by Gasteiger charge is -2.47. The first kappa shape index (κ1) is 30.6. The number of H-pyrrole nitrogens is 1. The van der Waals surface area contributed by atoms with Crippen molar-refractivity contribution in [2.75, 3.05) is 54.5 Å². The number of nitrogens with one attached hydrogen (secondary N) is 2. The van der Waals surface area contributed by atoms with E-state index in [9.17, 15) is 40.7 Å². The number of amides is 2. The number of fused-ring (bicyclic) bond motifs is 3. The van der Waals surface area contributed by atoms with E-state index in [0.717, 1.165) is 31.3 Å². The summed E-state index contributed by atoms with van der Waals surface area (Å²) >= 11 is 0. The first-order valence-corrected chi connectivity index (χ1v) is 13.7. The lowest BCUT2D eigenvalue weighted by Crippen LogP contribution is -2.64. The molecule has 0 radical (unpaired) electrons. The van der Waals surface area contributed by atoms with Crippen LogP contribution in [0.1, 0.15) is 37.3 Å². The molecule has 2 N–H and O–H groups in total. The van der Waals surface area contributed by atoms with Crippen molar-refractivity contribution >= 4 is 29.0 Å². The van der Waals surface area contributed by atoms with Gasteiger partial charge in [0.2, 0.25) is 5.91 Å². The fourth-order valence-corrected chi connectivity index (χ4v) is 5.21. The first-order chi connectivity index (χ1) is 20.2. The third-order valence-electron chi connectivity index (χ3n) is 7.53. The molecule has 43 heavy (non-hydrogen) atoms. The highest BCUT2D eigenvalue weighted by molar-refractivity contribution is 6.05. The number of ether oxygens (including phenoxy) is 1. The average molecular weight is 618 g/mol. The minimum atomic E-state index is -4.89. The van der Waals surface area contributed by atoms with Gasteiger partial charge in [0.1, 0.15) is 11.6 Å². The Morgan fingerprint density at radius 2 is 1.88 bits per heavy atom. The Labute approximate surface area is 241 Å². The fourth-order valence-electron chi connectivity index (χ4n) is 5.21. The number of pyridine rings is 1. The number of hydrogen-bond donors (Lipinski definition) is 2. The first-order valence-electron chi connectivity index (χ1n) is 13.7. The monoisotopic (exact) mass is 617 g/mol. The Balaban J connectivity index is 1.17. The molecule has 2 fully saturated rings. The Kier molecular flexibility index (Phi) is 8.28. The molecule has 234 valence electrons.